The van der Waals surface area contributed by atoms with Gasteiger partial charge in [0.2, 0.25) is 0 Å². The van der Waals surface area contributed by atoms with Crippen LogP contribution in [0.2, 0.25) is 5.02 Å². The first-order chi connectivity index (χ1) is 10.1. The smallest absolute Gasteiger partial charge is 0.148 e. The van der Waals surface area contributed by atoms with Crippen LogP contribution in [0.5, 0.6) is 5.75 Å². The molecule has 0 saturated heterocycles. The van der Waals surface area contributed by atoms with Crippen molar-refractivity contribution in [3.8, 4) is 5.75 Å². The van der Waals surface area contributed by atoms with Gasteiger partial charge in [0.1, 0.15) is 12.4 Å². The fraction of sp³-hybridized carbons (Fsp3) is 0.250. The van der Waals surface area contributed by atoms with E-state index in [-0.39, 0.29) is 0 Å². The van der Waals surface area contributed by atoms with Gasteiger partial charge in [-0.2, -0.15) is 0 Å². The Morgan fingerprint density at radius 1 is 1.05 bits per heavy atom. The van der Waals surface area contributed by atoms with Gasteiger partial charge in [0, 0.05) is 11.6 Å². The van der Waals surface area contributed by atoms with Crippen molar-refractivity contribution >= 4 is 43.5 Å². The summed E-state index contributed by atoms with van der Waals surface area (Å²) in [6, 6.07) is 11.8. The van der Waals surface area contributed by atoms with Gasteiger partial charge in [-0.1, -0.05) is 30.7 Å². The molecule has 0 atom stereocenters. The van der Waals surface area contributed by atoms with Crippen LogP contribution in [0.1, 0.15) is 18.1 Å². The average Bonchev–Trinajstić information content (AvgIpc) is 2.46. The van der Waals surface area contributed by atoms with Crippen LogP contribution in [0.15, 0.2) is 45.3 Å². The molecule has 0 amide bonds. The van der Waals surface area contributed by atoms with Gasteiger partial charge in [-0.15, -0.1) is 0 Å². The molecule has 0 aromatic heterocycles. The Bertz CT molecular complexity index is 579. The lowest BCUT2D eigenvalue weighted by molar-refractivity contribution is 0.302. The summed E-state index contributed by atoms with van der Waals surface area (Å²) in [7, 11) is 0. The Labute approximate surface area is 147 Å². The van der Waals surface area contributed by atoms with E-state index in [1.807, 2.05) is 24.3 Å². The van der Waals surface area contributed by atoms with Crippen molar-refractivity contribution in [1.82, 2.24) is 5.32 Å². The van der Waals surface area contributed by atoms with Crippen molar-refractivity contribution in [1.29, 1.82) is 0 Å². The first-order valence-electron chi connectivity index (χ1n) is 6.66. The molecule has 1 N–H and O–H groups in total. The number of benzene rings is 2. The number of halogens is 3. The lowest BCUT2D eigenvalue weighted by atomic mass is 10.2. The van der Waals surface area contributed by atoms with Crippen molar-refractivity contribution < 1.29 is 4.74 Å². The minimum atomic E-state index is 0.501. The molecule has 21 heavy (non-hydrogen) atoms. The van der Waals surface area contributed by atoms with Gasteiger partial charge < -0.3 is 10.1 Å². The minimum Gasteiger partial charge on any atom is -0.487 e. The SMILES string of the molecule is CCNCc1cc(Br)c(OCc2ccc(Cl)cc2)c(Br)c1. The number of hydrogen-bond acceptors (Lipinski definition) is 2. The van der Waals surface area contributed by atoms with Crippen molar-refractivity contribution in [2.45, 2.75) is 20.1 Å². The van der Waals surface area contributed by atoms with E-state index in [0.29, 0.717) is 6.61 Å². The van der Waals surface area contributed by atoms with Crippen LogP contribution in [-0.2, 0) is 13.2 Å². The lowest BCUT2D eigenvalue weighted by Crippen LogP contribution is -2.11. The van der Waals surface area contributed by atoms with Gasteiger partial charge in [0.15, 0.2) is 0 Å². The Morgan fingerprint density at radius 3 is 2.24 bits per heavy atom. The summed E-state index contributed by atoms with van der Waals surface area (Å²) in [5, 5.41) is 4.04. The minimum absolute atomic E-state index is 0.501. The molecule has 0 aliphatic rings. The van der Waals surface area contributed by atoms with Gasteiger partial charge in [-0.3, -0.25) is 0 Å². The summed E-state index contributed by atoms with van der Waals surface area (Å²) in [6.45, 7) is 4.38. The Balaban J connectivity index is 2.07. The van der Waals surface area contributed by atoms with Crippen LogP contribution in [-0.4, -0.2) is 6.54 Å². The van der Waals surface area contributed by atoms with E-state index in [1.165, 1.54) is 5.56 Å². The van der Waals surface area contributed by atoms with E-state index >= 15 is 0 Å². The third-order valence-corrected chi connectivity index (χ3v) is 4.36. The molecule has 0 heterocycles. The average molecular weight is 434 g/mol. The number of hydrogen-bond donors (Lipinski definition) is 1. The monoisotopic (exact) mass is 431 g/mol. The number of nitrogens with one attached hydrogen (secondary N) is 1. The molecule has 2 aromatic carbocycles. The summed E-state index contributed by atoms with van der Waals surface area (Å²) in [5.74, 6) is 0.810. The van der Waals surface area contributed by atoms with E-state index in [2.05, 4.69) is 56.2 Å². The summed E-state index contributed by atoms with van der Waals surface area (Å²) in [4.78, 5) is 0. The fourth-order valence-electron chi connectivity index (χ4n) is 1.86. The molecule has 0 bridgehead atoms. The molecule has 0 fully saturated rings. The highest BCUT2D eigenvalue weighted by atomic mass is 79.9. The Hall–Kier alpha value is -0.550. The molecule has 5 heteroatoms. The largest absolute Gasteiger partial charge is 0.487 e. The highest BCUT2D eigenvalue weighted by molar-refractivity contribution is 9.11. The Morgan fingerprint density at radius 2 is 1.67 bits per heavy atom. The van der Waals surface area contributed by atoms with Crippen molar-refractivity contribution in [2.75, 3.05) is 6.54 Å². The predicted molar refractivity (Wildman–Crippen MR) is 95.0 cm³/mol. The first-order valence-corrected chi connectivity index (χ1v) is 8.62. The van der Waals surface area contributed by atoms with Crippen molar-refractivity contribution in [3.63, 3.8) is 0 Å². The third kappa shape index (κ3) is 4.99. The maximum atomic E-state index is 5.90. The van der Waals surface area contributed by atoms with Gasteiger partial charge >= 0.3 is 0 Å². The number of rotatable bonds is 6. The molecule has 0 aliphatic carbocycles. The molecule has 2 nitrogen and oxygen atoms in total. The number of ether oxygens (including phenoxy) is 1. The first kappa shape index (κ1) is 16.8. The van der Waals surface area contributed by atoms with Crippen LogP contribution in [0.4, 0.5) is 0 Å². The van der Waals surface area contributed by atoms with Gasteiger partial charge in [0.25, 0.3) is 0 Å². The quantitative estimate of drug-likeness (QED) is 0.645. The van der Waals surface area contributed by atoms with Crippen molar-refractivity contribution in [2.24, 2.45) is 0 Å². The summed E-state index contributed by atoms with van der Waals surface area (Å²) in [6.07, 6.45) is 0. The zero-order valence-corrected chi connectivity index (χ0v) is 15.6. The second-order valence-corrected chi connectivity index (χ2v) is 6.73. The van der Waals surface area contributed by atoms with Crippen LogP contribution in [0.25, 0.3) is 0 Å². The second-order valence-electron chi connectivity index (χ2n) is 4.58. The maximum absolute atomic E-state index is 5.90. The van der Waals surface area contributed by atoms with E-state index in [4.69, 9.17) is 16.3 Å². The van der Waals surface area contributed by atoms with Gasteiger partial charge in [0.05, 0.1) is 8.95 Å². The molecule has 0 saturated carbocycles. The molecule has 112 valence electrons. The topological polar surface area (TPSA) is 21.3 Å². The van der Waals surface area contributed by atoms with Crippen LogP contribution in [0.3, 0.4) is 0 Å². The summed E-state index contributed by atoms with van der Waals surface area (Å²) >= 11 is 13.0. The highest BCUT2D eigenvalue weighted by Crippen LogP contribution is 2.35. The molecule has 0 spiro atoms. The fourth-order valence-corrected chi connectivity index (χ4v) is 3.49. The second kappa shape index (κ2) is 8.18. The summed E-state index contributed by atoms with van der Waals surface area (Å²) in [5.41, 5.74) is 2.28. The Kier molecular flexibility index (Phi) is 6.55. The molecule has 0 radical (unpaired) electrons. The molecule has 2 rings (SSSR count). The third-order valence-electron chi connectivity index (χ3n) is 2.93. The zero-order chi connectivity index (χ0) is 15.2. The normalized spacial score (nSPS) is 10.7. The lowest BCUT2D eigenvalue weighted by Gasteiger charge is -2.13. The molecule has 0 aliphatic heterocycles. The van der Waals surface area contributed by atoms with E-state index < -0.39 is 0 Å². The zero-order valence-electron chi connectivity index (χ0n) is 11.6. The van der Waals surface area contributed by atoms with Crippen LogP contribution in [0, 0.1) is 0 Å². The van der Waals surface area contributed by atoms with E-state index in [9.17, 15) is 0 Å². The molecule has 0 unspecified atom stereocenters. The van der Waals surface area contributed by atoms with E-state index in [0.717, 1.165) is 38.4 Å². The predicted octanol–water partition coefficient (Wildman–Crippen LogP) is 5.55. The standard InChI is InChI=1S/C16H16Br2ClNO/c1-2-20-9-12-7-14(17)16(15(18)8-12)21-10-11-3-5-13(19)6-4-11/h3-8,20H,2,9-10H2,1H3. The van der Waals surface area contributed by atoms with Crippen molar-refractivity contribution in [3.05, 3.63) is 61.5 Å². The summed E-state index contributed by atoms with van der Waals surface area (Å²) < 4.78 is 7.78. The van der Waals surface area contributed by atoms with E-state index in [1.54, 1.807) is 0 Å². The highest BCUT2D eigenvalue weighted by Gasteiger charge is 2.09. The molecular weight excluding hydrogens is 417 g/mol. The maximum Gasteiger partial charge on any atom is 0.148 e. The van der Waals surface area contributed by atoms with Gasteiger partial charge in [-0.05, 0) is 73.8 Å². The van der Waals surface area contributed by atoms with Gasteiger partial charge in [-0.25, -0.2) is 0 Å². The molecular formula is C16H16Br2ClNO. The molecule has 2 aromatic rings. The van der Waals surface area contributed by atoms with Crippen LogP contribution < -0.4 is 10.1 Å². The van der Waals surface area contributed by atoms with Crippen LogP contribution >= 0.6 is 43.5 Å².